The van der Waals surface area contributed by atoms with Crippen molar-refractivity contribution in [3.63, 3.8) is 0 Å². The summed E-state index contributed by atoms with van der Waals surface area (Å²) in [6, 6.07) is 0. The molecule has 2 rings (SSSR count). The van der Waals surface area contributed by atoms with Crippen LogP contribution in [0.25, 0.3) is 0 Å². The van der Waals surface area contributed by atoms with Crippen molar-refractivity contribution >= 4 is 0 Å². The summed E-state index contributed by atoms with van der Waals surface area (Å²) in [5.74, 6) is 2.42. The summed E-state index contributed by atoms with van der Waals surface area (Å²) in [6.45, 7) is 17.9. The molecule has 0 aromatic heterocycles. The Hall–Kier alpha value is -1.70. The van der Waals surface area contributed by atoms with Gasteiger partial charge >= 0.3 is 0 Å². The van der Waals surface area contributed by atoms with E-state index >= 15 is 0 Å². The van der Waals surface area contributed by atoms with Gasteiger partial charge in [0, 0.05) is 22.3 Å². The highest BCUT2D eigenvalue weighted by Crippen LogP contribution is 2.46. The number of aromatic hydroxyl groups is 1. The summed E-state index contributed by atoms with van der Waals surface area (Å²) < 4.78 is 6.78. The van der Waals surface area contributed by atoms with Crippen LogP contribution >= 0.6 is 0 Å². The van der Waals surface area contributed by atoms with Gasteiger partial charge in [-0.05, 0) is 97.3 Å². The minimum absolute atomic E-state index is 0.131. The first-order valence-corrected chi connectivity index (χ1v) is 14.0. The van der Waals surface area contributed by atoms with Gasteiger partial charge < -0.3 is 9.84 Å². The van der Waals surface area contributed by atoms with Crippen LogP contribution in [0.2, 0.25) is 0 Å². The minimum atomic E-state index is -0.131. The fourth-order valence-corrected chi connectivity index (χ4v) is 5.47. The number of fused-ring (bicyclic) bond motifs is 1. The maximum Gasteiger partial charge on any atom is 0.127 e. The molecule has 0 bridgehead atoms. The number of phenolic OH excluding ortho intramolecular Hbond substituents is 1. The van der Waals surface area contributed by atoms with Gasteiger partial charge in [-0.25, -0.2) is 0 Å². The highest BCUT2D eigenvalue weighted by molar-refractivity contribution is 5.60. The Morgan fingerprint density at radius 1 is 0.941 bits per heavy atom. The molecular weight excluding hydrogens is 416 g/mol. The number of benzene rings is 1. The van der Waals surface area contributed by atoms with Crippen LogP contribution in [0.4, 0.5) is 0 Å². The fourth-order valence-electron chi connectivity index (χ4n) is 5.47. The SMILES string of the molecule is CCc1c(O)c(CC)c2c(c1CC)OC(C)(CC/C=C(\C)CC/C=C(\C)CCCC(C)C)CC2. The molecule has 1 N–H and O–H groups in total. The van der Waals surface area contributed by atoms with Gasteiger partial charge in [-0.2, -0.15) is 0 Å². The largest absolute Gasteiger partial charge is 0.507 e. The van der Waals surface area contributed by atoms with E-state index < -0.39 is 0 Å². The molecule has 0 saturated heterocycles. The molecule has 0 radical (unpaired) electrons. The molecule has 1 heterocycles. The number of allylic oxidation sites excluding steroid dienone is 4. The van der Waals surface area contributed by atoms with Crippen molar-refractivity contribution in [1.82, 2.24) is 0 Å². The highest BCUT2D eigenvalue weighted by Gasteiger charge is 2.35. The Bertz CT molecular complexity index is 833. The lowest BCUT2D eigenvalue weighted by Gasteiger charge is -2.38. The lowest BCUT2D eigenvalue weighted by molar-refractivity contribution is 0.0554. The van der Waals surface area contributed by atoms with Crippen molar-refractivity contribution in [2.75, 3.05) is 0 Å². The van der Waals surface area contributed by atoms with Crippen molar-refractivity contribution in [1.29, 1.82) is 0 Å². The molecular formula is C32H52O2. The summed E-state index contributed by atoms with van der Waals surface area (Å²) >= 11 is 0. The molecule has 1 aliphatic heterocycles. The highest BCUT2D eigenvalue weighted by atomic mass is 16.5. The van der Waals surface area contributed by atoms with Crippen molar-refractivity contribution < 1.29 is 9.84 Å². The molecule has 1 aromatic rings. The Morgan fingerprint density at radius 3 is 2.18 bits per heavy atom. The molecule has 0 amide bonds. The molecule has 2 nitrogen and oxygen atoms in total. The third-order valence-electron chi connectivity index (χ3n) is 7.71. The average Bonchev–Trinajstić information content (AvgIpc) is 2.78. The second-order valence-corrected chi connectivity index (χ2v) is 11.2. The Kier molecular flexibility index (Phi) is 11.3. The van der Waals surface area contributed by atoms with Gasteiger partial charge in [-0.3, -0.25) is 0 Å². The van der Waals surface area contributed by atoms with E-state index in [0.717, 1.165) is 80.6 Å². The summed E-state index contributed by atoms with van der Waals surface area (Å²) in [4.78, 5) is 0. The van der Waals surface area contributed by atoms with Gasteiger partial charge in [-0.15, -0.1) is 0 Å². The molecule has 1 unspecified atom stereocenters. The van der Waals surface area contributed by atoms with Crippen LogP contribution < -0.4 is 4.74 Å². The first-order chi connectivity index (χ1) is 16.2. The number of ether oxygens (including phenoxy) is 1. The van der Waals surface area contributed by atoms with Crippen LogP contribution in [0.1, 0.15) is 129 Å². The summed E-state index contributed by atoms with van der Waals surface area (Å²) in [5.41, 5.74) is 7.58. The first-order valence-electron chi connectivity index (χ1n) is 14.0. The number of phenols is 1. The summed E-state index contributed by atoms with van der Waals surface area (Å²) in [7, 11) is 0. The fraction of sp³-hybridized carbons (Fsp3) is 0.688. The third-order valence-corrected chi connectivity index (χ3v) is 7.71. The number of hydrogen-bond donors (Lipinski definition) is 1. The zero-order valence-corrected chi connectivity index (χ0v) is 23.6. The average molecular weight is 469 g/mol. The van der Waals surface area contributed by atoms with E-state index in [1.165, 1.54) is 36.0 Å². The molecule has 0 aliphatic carbocycles. The summed E-state index contributed by atoms with van der Waals surface area (Å²) in [5, 5.41) is 10.9. The zero-order chi connectivity index (χ0) is 25.3. The van der Waals surface area contributed by atoms with Crippen molar-refractivity contribution in [2.45, 2.75) is 138 Å². The molecule has 34 heavy (non-hydrogen) atoms. The molecule has 0 fully saturated rings. The normalized spacial score (nSPS) is 18.9. The van der Waals surface area contributed by atoms with E-state index in [1.807, 2.05) is 0 Å². The van der Waals surface area contributed by atoms with Crippen molar-refractivity contribution in [2.24, 2.45) is 5.92 Å². The summed E-state index contributed by atoms with van der Waals surface area (Å²) in [6.07, 6.45) is 17.8. The van der Waals surface area contributed by atoms with Crippen LogP contribution in [0.15, 0.2) is 23.3 Å². The van der Waals surface area contributed by atoms with Crippen LogP contribution in [0.3, 0.4) is 0 Å². The van der Waals surface area contributed by atoms with E-state index in [4.69, 9.17) is 4.74 Å². The maximum atomic E-state index is 10.9. The van der Waals surface area contributed by atoms with E-state index in [2.05, 4.69) is 67.5 Å². The molecule has 2 heteroatoms. The molecule has 1 aromatic carbocycles. The van der Waals surface area contributed by atoms with Gasteiger partial charge in [0.2, 0.25) is 0 Å². The van der Waals surface area contributed by atoms with Gasteiger partial charge in [0.1, 0.15) is 17.1 Å². The lowest BCUT2D eigenvalue weighted by Crippen LogP contribution is -2.37. The molecule has 1 atom stereocenters. The predicted molar refractivity (Wildman–Crippen MR) is 148 cm³/mol. The van der Waals surface area contributed by atoms with E-state index in [0.29, 0.717) is 5.75 Å². The minimum Gasteiger partial charge on any atom is -0.507 e. The van der Waals surface area contributed by atoms with Gasteiger partial charge in [-0.1, -0.05) is 64.3 Å². The topological polar surface area (TPSA) is 29.5 Å². The Morgan fingerprint density at radius 2 is 1.56 bits per heavy atom. The van der Waals surface area contributed by atoms with Gasteiger partial charge in [0.25, 0.3) is 0 Å². The quantitative estimate of drug-likeness (QED) is 0.292. The molecule has 1 aliphatic rings. The van der Waals surface area contributed by atoms with E-state index in [-0.39, 0.29) is 5.60 Å². The van der Waals surface area contributed by atoms with Crippen LogP contribution in [0.5, 0.6) is 11.5 Å². The third kappa shape index (κ3) is 7.65. The second kappa shape index (κ2) is 13.4. The van der Waals surface area contributed by atoms with E-state index in [9.17, 15) is 5.11 Å². The number of hydrogen-bond acceptors (Lipinski definition) is 2. The predicted octanol–water partition coefficient (Wildman–Crippen LogP) is 9.44. The monoisotopic (exact) mass is 468 g/mol. The Labute approximate surface area is 210 Å². The second-order valence-electron chi connectivity index (χ2n) is 11.2. The van der Waals surface area contributed by atoms with Crippen molar-refractivity contribution in [3.05, 3.63) is 45.6 Å². The van der Waals surface area contributed by atoms with Crippen LogP contribution in [-0.2, 0) is 25.7 Å². The maximum absolute atomic E-state index is 10.9. The van der Waals surface area contributed by atoms with Gasteiger partial charge in [0.05, 0.1) is 0 Å². The smallest absolute Gasteiger partial charge is 0.127 e. The zero-order valence-electron chi connectivity index (χ0n) is 23.6. The van der Waals surface area contributed by atoms with Gasteiger partial charge in [0.15, 0.2) is 0 Å². The van der Waals surface area contributed by atoms with Crippen LogP contribution in [-0.4, -0.2) is 10.7 Å². The molecule has 0 spiro atoms. The molecule has 0 saturated carbocycles. The standard InChI is InChI=1S/C32H52O2/c1-9-26-28(11-3)31-29(27(10-2)30(26)33)20-22-32(8,34-31)21-14-19-25(7)18-13-17-24(6)16-12-15-23(4)5/h17,19,23,33H,9-16,18,20-22H2,1-8H3/b24-17+,25-19+. The molecule has 192 valence electrons. The lowest BCUT2D eigenvalue weighted by atomic mass is 9.82. The first kappa shape index (κ1) is 28.5. The van der Waals surface area contributed by atoms with Crippen LogP contribution in [0, 0.1) is 5.92 Å². The van der Waals surface area contributed by atoms with E-state index in [1.54, 1.807) is 5.57 Å². The van der Waals surface area contributed by atoms with Crippen molar-refractivity contribution in [3.8, 4) is 11.5 Å². The number of rotatable bonds is 13. The Balaban J connectivity index is 1.98.